The highest BCUT2D eigenvalue weighted by Crippen LogP contribution is 1.96. The molecule has 0 fully saturated rings. The van der Waals surface area contributed by atoms with Gasteiger partial charge in [-0.1, -0.05) is 13.8 Å². The van der Waals surface area contributed by atoms with E-state index in [1.807, 2.05) is 18.8 Å². The number of thioether (sulfide) groups is 1. The summed E-state index contributed by atoms with van der Waals surface area (Å²) in [6.07, 6.45) is 4.51. The molecule has 0 spiro atoms. The van der Waals surface area contributed by atoms with Gasteiger partial charge in [0.2, 0.25) is 0 Å². The van der Waals surface area contributed by atoms with E-state index in [0.29, 0.717) is 0 Å². The number of aliphatic imine (C=N–C) groups is 1. The lowest BCUT2D eigenvalue weighted by atomic mass is 10.1. The molecule has 0 rings (SSSR count). The zero-order valence-electron chi connectivity index (χ0n) is 10.9. The molecule has 0 aromatic heterocycles. The molecule has 98 valence electrons. The lowest BCUT2D eigenvalue weighted by Gasteiger charge is -2.12. The Morgan fingerprint density at radius 2 is 1.88 bits per heavy atom. The van der Waals surface area contributed by atoms with Crippen LogP contribution in [0.1, 0.15) is 26.7 Å². The van der Waals surface area contributed by atoms with Crippen molar-refractivity contribution in [2.45, 2.75) is 26.7 Å². The van der Waals surface area contributed by atoms with Gasteiger partial charge in [-0.15, -0.1) is 24.0 Å². The summed E-state index contributed by atoms with van der Waals surface area (Å²) < 4.78 is 0. The lowest BCUT2D eigenvalue weighted by Crippen LogP contribution is -2.38. The third-order valence-electron chi connectivity index (χ3n) is 2.06. The molecule has 3 nitrogen and oxygen atoms in total. The van der Waals surface area contributed by atoms with Crippen molar-refractivity contribution in [3.63, 3.8) is 0 Å². The predicted molar refractivity (Wildman–Crippen MR) is 87.2 cm³/mol. The van der Waals surface area contributed by atoms with E-state index in [1.54, 1.807) is 0 Å². The molecule has 0 aromatic carbocycles. The van der Waals surface area contributed by atoms with Crippen molar-refractivity contribution >= 4 is 41.7 Å². The van der Waals surface area contributed by atoms with Gasteiger partial charge < -0.3 is 10.6 Å². The molecule has 0 bridgehead atoms. The van der Waals surface area contributed by atoms with Crippen molar-refractivity contribution in [2.24, 2.45) is 10.9 Å². The van der Waals surface area contributed by atoms with E-state index < -0.39 is 0 Å². The zero-order chi connectivity index (χ0) is 11.5. The first-order valence-corrected chi connectivity index (χ1v) is 7.03. The second-order valence-corrected chi connectivity index (χ2v) is 4.94. The monoisotopic (exact) mass is 359 g/mol. The fourth-order valence-corrected chi connectivity index (χ4v) is 1.56. The van der Waals surface area contributed by atoms with Gasteiger partial charge in [-0.3, -0.25) is 4.99 Å². The summed E-state index contributed by atoms with van der Waals surface area (Å²) in [7, 11) is 1.82. The Morgan fingerprint density at radius 1 is 1.25 bits per heavy atom. The second-order valence-electron chi connectivity index (χ2n) is 3.95. The minimum absolute atomic E-state index is 0. The maximum Gasteiger partial charge on any atom is 0.190 e. The molecule has 0 amide bonds. The molecule has 0 atom stereocenters. The Labute approximate surface area is 122 Å². The highest BCUT2D eigenvalue weighted by Gasteiger charge is 1.97. The highest BCUT2D eigenvalue weighted by molar-refractivity contribution is 14.0. The molecule has 0 radical (unpaired) electrons. The van der Waals surface area contributed by atoms with Gasteiger partial charge in [0.1, 0.15) is 0 Å². The maximum absolute atomic E-state index is 4.17. The van der Waals surface area contributed by atoms with Gasteiger partial charge in [-0.2, -0.15) is 11.8 Å². The molecular formula is C11H26IN3S. The van der Waals surface area contributed by atoms with Gasteiger partial charge in [0, 0.05) is 20.1 Å². The van der Waals surface area contributed by atoms with Crippen LogP contribution in [0.4, 0.5) is 0 Å². The average Bonchev–Trinajstić information content (AvgIpc) is 2.21. The number of hydrogen-bond donors (Lipinski definition) is 2. The number of halogens is 1. The molecule has 16 heavy (non-hydrogen) atoms. The molecule has 0 saturated carbocycles. The zero-order valence-corrected chi connectivity index (χ0v) is 14.0. The van der Waals surface area contributed by atoms with Crippen LogP contribution in [0, 0.1) is 5.92 Å². The van der Waals surface area contributed by atoms with Gasteiger partial charge in [-0.25, -0.2) is 0 Å². The van der Waals surface area contributed by atoms with Crippen LogP contribution in [-0.2, 0) is 0 Å². The highest BCUT2D eigenvalue weighted by atomic mass is 127. The van der Waals surface area contributed by atoms with Gasteiger partial charge in [0.15, 0.2) is 5.96 Å². The Balaban J connectivity index is 0. The number of nitrogens with one attached hydrogen (secondary N) is 2. The Hall–Kier alpha value is 0.350. The summed E-state index contributed by atoms with van der Waals surface area (Å²) in [6, 6.07) is 0. The summed E-state index contributed by atoms with van der Waals surface area (Å²) in [5, 5.41) is 6.61. The summed E-state index contributed by atoms with van der Waals surface area (Å²) in [5.41, 5.74) is 0. The third-order valence-corrected chi connectivity index (χ3v) is 2.75. The SMILES string of the molecule is CN=C(NCCCSC)NCCC(C)C.I. The lowest BCUT2D eigenvalue weighted by molar-refractivity contribution is 0.573. The van der Waals surface area contributed by atoms with Crippen LogP contribution in [0.3, 0.4) is 0 Å². The van der Waals surface area contributed by atoms with Crippen LogP contribution in [0.15, 0.2) is 4.99 Å². The van der Waals surface area contributed by atoms with Crippen LogP contribution >= 0.6 is 35.7 Å². The average molecular weight is 359 g/mol. The topological polar surface area (TPSA) is 36.4 Å². The van der Waals surface area contributed by atoms with Crippen molar-refractivity contribution in [3.8, 4) is 0 Å². The Bertz CT molecular complexity index is 175. The third kappa shape index (κ3) is 12.4. The van der Waals surface area contributed by atoms with Crippen molar-refractivity contribution in [3.05, 3.63) is 0 Å². The molecule has 0 aliphatic rings. The van der Waals surface area contributed by atoms with E-state index in [1.165, 1.54) is 18.6 Å². The Morgan fingerprint density at radius 3 is 2.38 bits per heavy atom. The van der Waals surface area contributed by atoms with E-state index in [0.717, 1.165) is 25.0 Å². The standard InChI is InChI=1S/C11H25N3S.HI/c1-10(2)6-8-14-11(12-3)13-7-5-9-15-4;/h10H,5-9H2,1-4H3,(H2,12,13,14);1H. The minimum Gasteiger partial charge on any atom is -0.356 e. The molecule has 5 heteroatoms. The van der Waals surface area contributed by atoms with Crippen molar-refractivity contribution < 1.29 is 0 Å². The Kier molecular flexibility index (Phi) is 15.7. The summed E-state index contributed by atoms with van der Waals surface area (Å²) >= 11 is 1.88. The van der Waals surface area contributed by atoms with E-state index in [-0.39, 0.29) is 24.0 Å². The smallest absolute Gasteiger partial charge is 0.190 e. The fraction of sp³-hybridized carbons (Fsp3) is 0.909. The molecule has 0 aromatic rings. The first kappa shape index (κ1) is 18.7. The number of nitrogens with zero attached hydrogens (tertiary/aromatic N) is 1. The molecule has 0 unspecified atom stereocenters. The maximum atomic E-state index is 4.17. The first-order chi connectivity index (χ1) is 7.20. The molecule has 0 saturated heterocycles. The van der Waals surface area contributed by atoms with Crippen LogP contribution in [0.25, 0.3) is 0 Å². The van der Waals surface area contributed by atoms with E-state index in [9.17, 15) is 0 Å². The number of hydrogen-bond acceptors (Lipinski definition) is 2. The predicted octanol–water partition coefficient (Wildman–Crippen LogP) is 2.57. The minimum atomic E-state index is 0. The summed E-state index contributed by atoms with van der Waals surface area (Å²) in [6.45, 7) is 6.47. The van der Waals surface area contributed by atoms with E-state index in [4.69, 9.17) is 0 Å². The van der Waals surface area contributed by atoms with Gasteiger partial charge in [0.25, 0.3) is 0 Å². The molecule has 0 aliphatic carbocycles. The normalized spacial score (nSPS) is 11.2. The van der Waals surface area contributed by atoms with E-state index in [2.05, 4.69) is 35.7 Å². The van der Waals surface area contributed by atoms with Crippen LogP contribution in [0.2, 0.25) is 0 Å². The van der Waals surface area contributed by atoms with Crippen LogP contribution in [-0.4, -0.2) is 38.1 Å². The van der Waals surface area contributed by atoms with E-state index >= 15 is 0 Å². The van der Waals surface area contributed by atoms with Crippen LogP contribution in [0.5, 0.6) is 0 Å². The molecule has 0 heterocycles. The van der Waals surface area contributed by atoms with Crippen LogP contribution < -0.4 is 10.6 Å². The quantitative estimate of drug-likeness (QED) is 0.318. The van der Waals surface area contributed by atoms with Crippen molar-refractivity contribution in [1.82, 2.24) is 10.6 Å². The largest absolute Gasteiger partial charge is 0.356 e. The molecular weight excluding hydrogens is 333 g/mol. The summed E-state index contributed by atoms with van der Waals surface area (Å²) in [5.74, 6) is 2.87. The molecule has 2 N–H and O–H groups in total. The van der Waals surface area contributed by atoms with Gasteiger partial charge in [0.05, 0.1) is 0 Å². The number of rotatable bonds is 7. The fourth-order valence-electron chi connectivity index (χ4n) is 1.12. The second kappa shape index (κ2) is 13.4. The molecule has 0 aliphatic heterocycles. The van der Waals surface area contributed by atoms with Crippen molar-refractivity contribution in [1.29, 1.82) is 0 Å². The number of guanidine groups is 1. The van der Waals surface area contributed by atoms with Gasteiger partial charge in [-0.05, 0) is 30.8 Å². The summed E-state index contributed by atoms with van der Waals surface area (Å²) in [4.78, 5) is 4.17. The van der Waals surface area contributed by atoms with Gasteiger partial charge >= 0.3 is 0 Å². The van der Waals surface area contributed by atoms with Crippen molar-refractivity contribution in [2.75, 3.05) is 32.1 Å². The first-order valence-electron chi connectivity index (χ1n) is 5.64.